The molecule has 78 valence electrons. The lowest BCUT2D eigenvalue weighted by atomic mass is 10.0. The van der Waals surface area contributed by atoms with E-state index in [9.17, 15) is 5.11 Å². The summed E-state index contributed by atoms with van der Waals surface area (Å²) >= 11 is 0. The van der Waals surface area contributed by atoms with Crippen molar-refractivity contribution in [2.24, 2.45) is 5.73 Å². The normalized spacial score (nSPS) is 12.6. The molecule has 0 heterocycles. The van der Waals surface area contributed by atoms with Gasteiger partial charge in [-0.15, -0.1) is 0 Å². The number of phenolic OH excluding ortho intramolecular Hbond substituents is 1. The lowest BCUT2D eigenvalue weighted by Gasteiger charge is -2.13. The molecule has 0 bridgehead atoms. The van der Waals surface area contributed by atoms with Crippen LogP contribution in [0.25, 0.3) is 0 Å². The van der Waals surface area contributed by atoms with Gasteiger partial charge in [0.1, 0.15) is 11.5 Å². The summed E-state index contributed by atoms with van der Waals surface area (Å²) in [5.74, 6) is 0.993. The number of ether oxygens (including phenoxy) is 1. The van der Waals surface area contributed by atoms with E-state index in [1.807, 2.05) is 26.0 Å². The molecule has 0 spiro atoms. The quantitative estimate of drug-likeness (QED) is 0.770. The summed E-state index contributed by atoms with van der Waals surface area (Å²) < 4.78 is 5.17. The van der Waals surface area contributed by atoms with Gasteiger partial charge in [-0.1, -0.05) is 6.07 Å². The third-order valence-electron chi connectivity index (χ3n) is 2.19. The number of benzene rings is 1. The fourth-order valence-electron chi connectivity index (χ4n) is 1.45. The molecule has 0 aliphatic heterocycles. The Morgan fingerprint density at radius 2 is 2.14 bits per heavy atom. The van der Waals surface area contributed by atoms with Crippen LogP contribution in [0.5, 0.6) is 11.5 Å². The Hall–Kier alpha value is -1.22. The average molecular weight is 195 g/mol. The number of methoxy groups -OCH3 is 1. The Labute approximate surface area is 84.5 Å². The molecular formula is C11H17NO2. The van der Waals surface area contributed by atoms with Crippen LogP contribution in [0.2, 0.25) is 0 Å². The van der Waals surface area contributed by atoms with Crippen LogP contribution in [-0.2, 0) is 6.42 Å². The van der Waals surface area contributed by atoms with Gasteiger partial charge in [-0.3, -0.25) is 0 Å². The molecule has 0 aliphatic carbocycles. The zero-order chi connectivity index (χ0) is 10.7. The fraction of sp³-hybridized carbons (Fsp3) is 0.455. The van der Waals surface area contributed by atoms with Crippen molar-refractivity contribution in [2.45, 2.75) is 26.3 Å². The molecule has 14 heavy (non-hydrogen) atoms. The van der Waals surface area contributed by atoms with E-state index in [4.69, 9.17) is 10.5 Å². The molecule has 0 saturated heterocycles. The van der Waals surface area contributed by atoms with E-state index in [2.05, 4.69) is 0 Å². The predicted molar refractivity (Wildman–Crippen MR) is 56.7 cm³/mol. The Bertz CT molecular complexity index is 321. The molecule has 1 aromatic carbocycles. The van der Waals surface area contributed by atoms with Gasteiger partial charge in [0.15, 0.2) is 0 Å². The van der Waals surface area contributed by atoms with Crippen LogP contribution in [-0.4, -0.2) is 18.3 Å². The summed E-state index contributed by atoms with van der Waals surface area (Å²) in [6.45, 7) is 3.76. The van der Waals surface area contributed by atoms with Crippen LogP contribution in [0.4, 0.5) is 0 Å². The van der Waals surface area contributed by atoms with Crippen molar-refractivity contribution in [1.82, 2.24) is 0 Å². The molecule has 1 rings (SSSR count). The molecule has 3 N–H and O–H groups in total. The molecule has 1 unspecified atom stereocenters. The van der Waals surface area contributed by atoms with Gasteiger partial charge in [0, 0.05) is 11.6 Å². The molecule has 0 aliphatic rings. The van der Waals surface area contributed by atoms with Crippen LogP contribution in [0.3, 0.4) is 0 Å². The number of nitrogens with two attached hydrogens (primary N) is 1. The first-order valence-corrected chi connectivity index (χ1v) is 4.67. The largest absolute Gasteiger partial charge is 0.507 e. The van der Waals surface area contributed by atoms with Crippen LogP contribution in [0.1, 0.15) is 18.1 Å². The Morgan fingerprint density at radius 1 is 1.50 bits per heavy atom. The van der Waals surface area contributed by atoms with Crippen molar-refractivity contribution < 1.29 is 9.84 Å². The van der Waals surface area contributed by atoms with Gasteiger partial charge in [-0.05, 0) is 31.9 Å². The molecule has 1 aromatic rings. The summed E-state index contributed by atoms with van der Waals surface area (Å²) in [5.41, 5.74) is 7.34. The van der Waals surface area contributed by atoms with E-state index in [0.29, 0.717) is 17.9 Å². The molecule has 0 radical (unpaired) electrons. The molecule has 0 amide bonds. The first-order chi connectivity index (χ1) is 6.56. The third kappa shape index (κ3) is 2.17. The van der Waals surface area contributed by atoms with E-state index in [-0.39, 0.29) is 6.04 Å². The highest BCUT2D eigenvalue weighted by Gasteiger charge is 2.12. The number of phenols is 1. The minimum Gasteiger partial charge on any atom is -0.507 e. The standard InChI is InChI=1S/C11H17NO2/c1-7-4-5-10(14-3)9(11(7)13)6-8(2)12/h4-5,8,13H,6,12H2,1-3H3. The number of hydrogen-bond acceptors (Lipinski definition) is 3. The van der Waals surface area contributed by atoms with Crippen LogP contribution >= 0.6 is 0 Å². The second kappa shape index (κ2) is 4.33. The molecule has 0 fully saturated rings. The van der Waals surface area contributed by atoms with Gasteiger partial charge in [-0.2, -0.15) is 0 Å². The van der Waals surface area contributed by atoms with Crippen molar-refractivity contribution in [3.05, 3.63) is 23.3 Å². The van der Waals surface area contributed by atoms with E-state index >= 15 is 0 Å². The topological polar surface area (TPSA) is 55.5 Å². The van der Waals surface area contributed by atoms with E-state index in [0.717, 1.165) is 11.1 Å². The van der Waals surface area contributed by atoms with Gasteiger partial charge >= 0.3 is 0 Å². The molecule has 0 saturated carbocycles. The maximum atomic E-state index is 9.82. The number of aryl methyl sites for hydroxylation is 1. The lowest BCUT2D eigenvalue weighted by molar-refractivity contribution is 0.396. The Morgan fingerprint density at radius 3 is 2.64 bits per heavy atom. The lowest BCUT2D eigenvalue weighted by Crippen LogP contribution is -2.18. The van der Waals surface area contributed by atoms with Gasteiger partial charge in [0.05, 0.1) is 7.11 Å². The SMILES string of the molecule is COc1ccc(C)c(O)c1CC(C)N. The first kappa shape index (κ1) is 10.9. The number of aromatic hydroxyl groups is 1. The van der Waals surface area contributed by atoms with Gasteiger partial charge in [0.25, 0.3) is 0 Å². The van der Waals surface area contributed by atoms with Crippen molar-refractivity contribution in [3.63, 3.8) is 0 Å². The van der Waals surface area contributed by atoms with E-state index < -0.39 is 0 Å². The van der Waals surface area contributed by atoms with Crippen LogP contribution in [0.15, 0.2) is 12.1 Å². The minimum absolute atomic E-state index is 0.0107. The Kier molecular flexibility index (Phi) is 3.36. The molecule has 3 heteroatoms. The molecule has 1 atom stereocenters. The van der Waals surface area contributed by atoms with Crippen LogP contribution in [0, 0.1) is 6.92 Å². The highest BCUT2D eigenvalue weighted by molar-refractivity contribution is 5.49. The summed E-state index contributed by atoms with van der Waals surface area (Å²) in [5, 5.41) is 9.82. The zero-order valence-corrected chi connectivity index (χ0v) is 8.87. The van der Waals surface area contributed by atoms with Crippen molar-refractivity contribution in [2.75, 3.05) is 7.11 Å². The monoisotopic (exact) mass is 195 g/mol. The summed E-state index contributed by atoms with van der Waals surface area (Å²) in [6.07, 6.45) is 0.622. The van der Waals surface area contributed by atoms with Crippen LogP contribution < -0.4 is 10.5 Å². The maximum Gasteiger partial charge on any atom is 0.125 e. The predicted octanol–water partition coefficient (Wildman–Crippen LogP) is 1.60. The number of rotatable bonds is 3. The second-order valence-corrected chi connectivity index (χ2v) is 3.59. The molecule has 0 aromatic heterocycles. The Balaban J connectivity index is 3.14. The molecular weight excluding hydrogens is 178 g/mol. The summed E-state index contributed by atoms with van der Waals surface area (Å²) in [4.78, 5) is 0. The summed E-state index contributed by atoms with van der Waals surface area (Å²) in [7, 11) is 1.59. The van der Waals surface area contributed by atoms with E-state index in [1.165, 1.54) is 0 Å². The smallest absolute Gasteiger partial charge is 0.125 e. The first-order valence-electron chi connectivity index (χ1n) is 4.67. The highest BCUT2D eigenvalue weighted by Crippen LogP contribution is 2.31. The number of hydrogen-bond donors (Lipinski definition) is 2. The van der Waals surface area contributed by atoms with Crippen molar-refractivity contribution in [3.8, 4) is 11.5 Å². The maximum absolute atomic E-state index is 9.82. The van der Waals surface area contributed by atoms with Crippen molar-refractivity contribution >= 4 is 0 Å². The summed E-state index contributed by atoms with van der Waals surface area (Å²) in [6, 6.07) is 3.70. The van der Waals surface area contributed by atoms with E-state index in [1.54, 1.807) is 7.11 Å². The van der Waals surface area contributed by atoms with Gasteiger partial charge in [-0.25, -0.2) is 0 Å². The highest BCUT2D eigenvalue weighted by atomic mass is 16.5. The zero-order valence-electron chi connectivity index (χ0n) is 8.87. The third-order valence-corrected chi connectivity index (χ3v) is 2.19. The molecule has 3 nitrogen and oxygen atoms in total. The van der Waals surface area contributed by atoms with Crippen molar-refractivity contribution in [1.29, 1.82) is 0 Å². The average Bonchev–Trinajstić information content (AvgIpc) is 2.13. The fourth-order valence-corrected chi connectivity index (χ4v) is 1.45. The minimum atomic E-state index is 0.0107. The van der Waals surface area contributed by atoms with Gasteiger partial charge in [0.2, 0.25) is 0 Å². The van der Waals surface area contributed by atoms with Gasteiger partial charge < -0.3 is 15.6 Å². The second-order valence-electron chi connectivity index (χ2n) is 3.59.